The van der Waals surface area contributed by atoms with Gasteiger partial charge < -0.3 is 10.0 Å². The van der Waals surface area contributed by atoms with Crippen LogP contribution >= 0.6 is 0 Å². The van der Waals surface area contributed by atoms with Crippen molar-refractivity contribution < 1.29 is 5.11 Å². The van der Waals surface area contributed by atoms with Crippen LogP contribution in [0.2, 0.25) is 0 Å². The number of likely N-dealkylation sites (N-methyl/N-ethyl adjacent to an activating group) is 1. The molecule has 0 radical (unpaired) electrons. The molecule has 0 bridgehead atoms. The molecule has 1 heterocycles. The first-order chi connectivity index (χ1) is 5.70. The van der Waals surface area contributed by atoms with E-state index in [4.69, 9.17) is 5.26 Å². The van der Waals surface area contributed by atoms with E-state index in [1.54, 1.807) is 0 Å². The molecule has 68 valence electrons. The predicted molar refractivity (Wildman–Crippen MR) is 46.4 cm³/mol. The van der Waals surface area contributed by atoms with E-state index in [0.717, 1.165) is 19.4 Å². The molecular formula is C9H16N2O. The van der Waals surface area contributed by atoms with Gasteiger partial charge in [-0.15, -0.1) is 0 Å². The van der Waals surface area contributed by atoms with Gasteiger partial charge in [-0.2, -0.15) is 5.26 Å². The van der Waals surface area contributed by atoms with Gasteiger partial charge in [-0.25, -0.2) is 0 Å². The summed E-state index contributed by atoms with van der Waals surface area (Å²) in [5.74, 6) is -0.161. The molecule has 1 aliphatic heterocycles. The highest BCUT2D eigenvalue weighted by Gasteiger charge is 2.33. The third-order valence-electron chi connectivity index (χ3n) is 2.75. The summed E-state index contributed by atoms with van der Waals surface area (Å²) in [5, 5.41) is 18.5. The molecule has 0 aromatic heterocycles. The lowest BCUT2D eigenvalue weighted by molar-refractivity contribution is -0.00194. The number of likely N-dealkylation sites (tertiary alicyclic amines) is 1. The molecule has 0 aliphatic carbocycles. The monoisotopic (exact) mass is 168 g/mol. The Bertz CT molecular complexity index is 187. The summed E-state index contributed by atoms with van der Waals surface area (Å²) in [5.41, 5.74) is 0. The second kappa shape index (κ2) is 3.88. The Morgan fingerprint density at radius 1 is 1.67 bits per heavy atom. The third kappa shape index (κ3) is 1.60. The summed E-state index contributed by atoms with van der Waals surface area (Å²) < 4.78 is 0. The topological polar surface area (TPSA) is 47.3 Å². The lowest BCUT2D eigenvalue weighted by atomic mass is 9.88. The van der Waals surface area contributed by atoms with Crippen LogP contribution in [-0.4, -0.2) is 35.7 Å². The Morgan fingerprint density at radius 2 is 2.33 bits per heavy atom. The van der Waals surface area contributed by atoms with Crippen LogP contribution in [0.3, 0.4) is 0 Å². The molecule has 1 N–H and O–H groups in total. The first-order valence-corrected chi connectivity index (χ1v) is 4.48. The number of hydrogen-bond acceptors (Lipinski definition) is 3. The first-order valence-electron chi connectivity index (χ1n) is 4.48. The molecule has 3 unspecified atom stereocenters. The summed E-state index contributed by atoms with van der Waals surface area (Å²) in [6.45, 7) is 2.97. The second-order valence-corrected chi connectivity index (χ2v) is 3.47. The zero-order chi connectivity index (χ0) is 9.14. The van der Waals surface area contributed by atoms with E-state index in [0.29, 0.717) is 0 Å². The number of hydrogen-bond donors (Lipinski definition) is 1. The van der Waals surface area contributed by atoms with Gasteiger partial charge in [-0.05, 0) is 26.4 Å². The smallest absolute Gasteiger partial charge is 0.0853 e. The Balaban J connectivity index is 2.64. The Hall–Kier alpha value is -0.590. The van der Waals surface area contributed by atoms with Crippen molar-refractivity contribution in [3.05, 3.63) is 0 Å². The second-order valence-electron chi connectivity index (χ2n) is 3.47. The van der Waals surface area contributed by atoms with Gasteiger partial charge in [0.2, 0.25) is 0 Å². The molecule has 3 heteroatoms. The van der Waals surface area contributed by atoms with Gasteiger partial charge >= 0.3 is 0 Å². The van der Waals surface area contributed by atoms with E-state index < -0.39 is 6.10 Å². The summed E-state index contributed by atoms with van der Waals surface area (Å²) in [7, 11) is 2.00. The highest BCUT2D eigenvalue weighted by atomic mass is 16.3. The number of aliphatic hydroxyl groups is 1. The van der Waals surface area contributed by atoms with Crippen LogP contribution in [0.25, 0.3) is 0 Å². The molecular weight excluding hydrogens is 152 g/mol. The highest BCUT2D eigenvalue weighted by Crippen LogP contribution is 2.23. The molecule has 3 atom stereocenters. The maximum atomic E-state index is 9.73. The molecule has 0 saturated carbocycles. The average Bonchev–Trinajstić information content (AvgIpc) is 2.06. The van der Waals surface area contributed by atoms with E-state index in [-0.39, 0.29) is 12.0 Å². The van der Waals surface area contributed by atoms with E-state index in [9.17, 15) is 5.11 Å². The number of rotatable bonds is 1. The van der Waals surface area contributed by atoms with Crippen molar-refractivity contribution in [2.75, 3.05) is 13.6 Å². The predicted octanol–water partition coefficient (Wildman–Crippen LogP) is 0.601. The van der Waals surface area contributed by atoms with Gasteiger partial charge in [0, 0.05) is 6.04 Å². The molecule has 0 amide bonds. The molecule has 0 spiro atoms. The zero-order valence-electron chi connectivity index (χ0n) is 7.70. The van der Waals surface area contributed by atoms with Crippen molar-refractivity contribution in [3.63, 3.8) is 0 Å². The molecule has 1 fully saturated rings. The standard InChI is InChI=1S/C9H16N2O/c1-3-8-9(12)7(6-10)4-5-11(8)2/h7-9,12H,3-5H2,1-2H3. The highest BCUT2D eigenvalue weighted by molar-refractivity contribution is 4.97. The summed E-state index contributed by atoms with van der Waals surface area (Å²) in [6, 6.07) is 2.33. The minimum Gasteiger partial charge on any atom is -0.390 e. The van der Waals surface area contributed by atoms with Gasteiger partial charge in [0.1, 0.15) is 0 Å². The number of nitrogens with zero attached hydrogens (tertiary/aromatic N) is 2. The zero-order valence-corrected chi connectivity index (χ0v) is 7.70. The van der Waals surface area contributed by atoms with E-state index in [1.807, 2.05) is 14.0 Å². The van der Waals surface area contributed by atoms with Crippen LogP contribution in [-0.2, 0) is 0 Å². The van der Waals surface area contributed by atoms with Crippen LogP contribution in [0.15, 0.2) is 0 Å². The molecule has 0 aromatic rings. The molecule has 12 heavy (non-hydrogen) atoms. The fourth-order valence-corrected chi connectivity index (χ4v) is 1.90. The van der Waals surface area contributed by atoms with E-state index >= 15 is 0 Å². The van der Waals surface area contributed by atoms with Crippen molar-refractivity contribution in [2.45, 2.75) is 31.9 Å². The lowest BCUT2D eigenvalue weighted by Gasteiger charge is -2.38. The maximum Gasteiger partial charge on any atom is 0.0853 e. The van der Waals surface area contributed by atoms with Gasteiger partial charge in [-0.3, -0.25) is 0 Å². The number of piperidine rings is 1. The quantitative estimate of drug-likeness (QED) is 0.623. The minimum absolute atomic E-state index is 0.161. The van der Waals surface area contributed by atoms with Crippen LogP contribution in [0, 0.1) is 17.2 Å². The van der Waals surface area contributed by atoms with Gasteiger partial charge in [-0.1, -0.05) is 6.92 Å². The van der Waals surface area contributed by atoms with Crippen molar-refractivity contribution >= 4 is 0 Å². The van der Waals surface area contributed by atoms with Crippen molar-refractivity contribution in [1.29, 1.82) is 5.26 Å². The normalized spacial score (nSPS) is 37.7. The fourth-order valence-electron chi connectivity index (χ4n) is 1.90. The van der Waals surface area contributed by atoms with Gasteiger partial charge in [0.05, 0.1) is 18.1 Å². The Kier molecular flexibility index (Phi) is 3.07. The van der Waals surface area contributed by atoms with Crippen LogP contribution in [0.1, 0.15) is 19.8 Å². The first kappa shape index (κ1) is 9.50. The number of nitriles is 1. The van der Waals surface area contributed by atoms with Crippen LogP contribution < -0.4 is 0 Å². The molecule has 0 aromatic carbocycles. The Labute approximate surface area is 73.6 Å². The number of aliphatic hydroxyl groups excluding tert-OH is 1. The molecule has 3 nitrogen and oxygen atoms in total. The largest absolute Gasteiger partial charge is 0.390 e. The van der Waals surface area contributed by atoms with Gasteiger partial charge in [0.15, 0.2) is 0 Å². The van der Waals surface area contributed by atoms with E-state index in [1.165, 1.54) is 0 Å². The minimum atomic E-state index is -0.459. The SMILES string of the molecule is CCC1C(O)C(C#N)CCN1C. The third-order valence-corrected chi connectivity index (χ3v) is 2.75. The van der Waals surface area contributed by atoms with Crippen LogP contribution in [0.4, 0.5) is 0 Å². The van der Waals surface area contributed by atoms with E-state index in [2.05, 4.69) is 11.0 Å². The molecule has 1 rings (SSSR count). The maximum absolute atomic E-state index is 9.73. The summed E-state index contributed by atoms with van der Waals surface area (Å²) >= 11 is 0. The van der Waals surface area contributed by atoms with Crippen LogP contribution in [0.5, 0.6) is 0 Å². The summed E-state index contributed by atoms with van der Waals surface area (Å²) in [6.07, 6.45) is 1.25. The molecule has 1 aliphatic rings. The summed E-state index contributed by atoms with van der Waals surface area (Å²) in [4.78, 5) is 2.14. The lowest BCUT2D eigenvalue weighted by Crippen LogP contribution is -2.49. The fraction of sp³-hybridized carbons (Fsp3) is 0.889. The van der Waals surface area contributed by atoms with Gasteiger partial charge in [0.25, 0.3) is 0 Å². The molecule has 1 saturated heterocycles. The average molecular weight is 168 g/mol. The van der Waals surface area contributed by atoms with Crippen molar-refractivity contribution in [2.24, 2.45) is 5.92 Å². The Morgan fingerprint density at radius 3 is 2.83 bits per heavy atom. The van der Waals surface area contributed by atoms with Crippen molar-refractivity contribution in [3.8, 4) is 6.07 Å². The van der Waals surface area contributed by atoms with Crippen molar-refractivity contribution in [1.82, 2.24) is 4.90 Å².